The molecular weight excluding hydrogens is 450 g/mol. The third kappa shape index (κ3) is 4.79. The zero-order valence-electron chi connectivity index (χ0n) is 18.2. The number of benzene rings is 1. The van der Waals surface area contributed by atoms with Crippen molar-refractivity contribution < 1.29 is 14.3 Å². The van der Waals surface area contributed by atoms with Gasteiger partial charge in [-0.25, -0.2) is 9.97 Å². The average molecular weight is 472 g/mol. The van der Waals surface area contributed by atoms with Crippen LogP contribution in [-0.2, 0) is 12.8 Å². The Kier molecular flexibility index (Phi) is 6.26. The zero-order valence-corrected chi connectivity index (χ0v) is 19.0. The summed E-state index contributed by atoms with van der Waals surface area (Å²) in [5, 5.41) is 6.46. The van der Waals surface area contributed by atoms with Gasteiger partial charge in [0.05, 0.1) is 11.1 Å². The molecule has 0 spiro atoms. The van der Waals surface area contributed by atoms with E-state index in [-0.39, 0.29) is 17.8 Å². The maximum absolute atomic E-state index is 13.3. The summed E-state index contributed by atoms with van der Waals surface area (Å²) < 4.78 is 5.60. The Labute approximate surface area is 200 Å². The summed E-state index contributed by atoms with van der Waals surface area (Å²) in [6, 6.07) is 12.3. The summed E-state index contributed by atoms with van der Waals surface area (Å²) in [6.45, 7) is 0. The van der Waals surface area contributed by atoms with Gasteiger partial charge in [-0.1, -0.05) is 0 Å². The Balaban J connectivity index is 1.35. The number of fused-ring (bicyclic) bond motifs is 1. The van der Waals surface area contributed by atoms with Crippen LogP contribution in [0.1, 0.15) is 44.0 Å². The summed E-state index contributed by atoms with van der Waals surface area (Å²) in [5.74, 6) is 0.0212. The van der Waals surface area contributed by atoms with Crippen molar-refractivity contribution in [1.82, 2.24) is 15.0 Å². The number of hydrogen-bond acceptors (Lipinski definition) is 7. The van der Waals surface area contributed by atoms with Crippen LogP contribution in [0.25, 0.3) is 0 Å². The van der Waals surface area contributed by atoms with E-state index in [0.717, 1.165) is 36.1 Å². The van der Waals surface area contributed by atoms with Crippen LogP contribution in [0, 0.1) is 0 Å². The van der Waals surface area contributed by atoms with E-state index in [0.29, 0.717) is 27.6 Å². The molecule has 5 rings (SSSR count). The molecule has 0 radical (unpaired) electrons. The van der Waals surface area contributed by atoms with Crippen LogP contribution in [0.4, 0.5) is 10.7 Å². The average Bonchev–Trinajstić information content (AvgIpc) is 3.24. The van der Waals surface area contributed by atoms with E-state index in [4.69, 9.17) is 4.74 Å². The predicted molar refractivity (Wildman–Crippen MR) is 130 cm³/mol. The molecule has 0 atom stereocenters. The van der Waals surface area contributed by atoms with E-state index in [9.17, 15) is 9.59 Å². The minimum absolute atomic E-state index is 0.248. The van der Waals surface area contributed by atoms with Crippen LogP contribution in [0.3, 0.4) is 0 Å². The van der Waals surface area contributed by atoms with Gasteiger partial charge < -0.3 is 15.4 Å². The lowest BCUT2D eigenvalue weighted by Gasteiger charge is -2.13. The van der Waals surface area contributed by atoms with E-state index in [1.54, 1.807) is 61.1 Å². The number of thiophene rings is 1. The van der Waals surface area contributed by atoms with Crippen LogP contribution in [0.2, 0.25) is 0 Å². The molecule has 1 aromatic carbocycles. The molecule has 0 fully saturated rings. The summed E-state index contributed by atoms with van der Waals surface area (Å²) in [6.07, 6.45) is 10.2. The Morgan fingerprint density at radius 1 is 0.882 bits per heavy atom. The van der Waals surface area contributed by atoms with Gasteiger partial charge >= 0.3 is 6.01 Å². The van der Waals surface area contributed by atoms with Gasteiger partial charge in [0.15, 0.2) is 0 Å². The number of aryl methyl sites for hydroxylation is 1. The van der Waals surface area contributed by atoms with Crippen molar-refractivity contribution in [3.8, 4) is 11.8 Å². The number of pyridine rings is 1. The molecule has 170 valence electrons. The number of amides is 2. The summed E-state index contributed by atoms with van der Waals surface area (Å²) in [5.41, 5.74) is 2.62. The van der Waals surface area contributed by atoms with E-state index < -0.39 is 0 Å². The molecule has 1 aliphatic carbocycles. The van der Waals surface area contributed by atoms with Gasteiger partial charge in [0.2, 0.25) is 0 Å². The van der Waals surface area contributed by atoms with Crippen LogP contribution in [0.5, 0.6) is 11.8 Å². The fraction of sp³-hybridized carbons (Fsp3) is 0.160. The number of hydrogen-bond donors (Lipinski definition) is 2. The molecule has 0 aliphatic heterocycles. The van der Waals surface area contributed by atoms with Gasteiger partial charge in [0, 0.05) is 35.4 Å². The number of carbonyl (C=O) groups excluding carboxylic acids is 2. The van der Waals surface area contributed by atoms with Gasteiger partial charge in [-0.15, -0.1) is 11.3 Å². The normalized spacial score (nSPS) is 12.5. The van der Waals surface area contributed by atoms with E-state index >= 15 is 0 Å². The lowest BCUT2D eigenvalue weighted by molar-refractivity contribution is 0.102. The second kappa shape index (κ2) is 9.80. The second-order valence-electron chi connectivity index (χ2n) is 7.72. The molecule has 3 aromatic heterocycles. The van der Waals surface area contributed by atoms with Gasteiger partial charge in [-0.05, 0) is 73.7 Å². The van der Waals surface area contributed by atoms with Crippen LogP contribution >= 0.6 is 11.3 Å². The Morgan fingerprint density at radius 3 is 2.44 bits per heavy atom. The van der Waals surface area contributed by atoms with Crippen molar-refractivity contribution in [2.45, 2.75) is 25.7 Å². The van der Waals surface area contributed by atoms with Crippen molar-refractivity contribution in [2.24, 2.45) is 0 Å². The summed E-state index contributed by atoms with van der Waals surface area (Å²) >= 11 is 1.48. The minimum Gasteiger partial charge on any atom is -0.424 e. The predicted octanol–water partition coefficient (Wildman–Crippen LogP) is 5.11. The molecule has 0 saturated carbocycles. The monoisotopic (exact) mass is 471 g/mol. The number of rotatable bonds is 6. The fourth-order valence-corrected chi connectivity index (χ4v) is 5.09. The van der Waals surface area contributed by atoms with E-state index in [1.807, 2.05) is 0 Å². The molecule has 0 bridgehead atoms. The number of nitrogens with one attached hydrogen (secondary N) is 2. The number of ether oxygens (including phenoxy) is 1. The molecule has 2 amide bonds. The summed E-state index contributed by atoms with van der Waals surface area (Å²) in [7, 11) is 0. The minimum atomic E-state index is -0.287. The maximum Gasteiger partial charge on any atom is 0.321 e. The first-order valence-corrected chi connectivity index (χ1v) is 11.7. The lowest BCUT2D eigenvalue weighted by atomic mass is 9.95. The van der Waals surface area contributed by atoms with Crippen molar-refractivity contribution >= 4 is 33.8 Å². The molecule has 9 heteroatoms. The Hall–Kier alpha value is -4.11. The molecule has 2 N–H and O–H groups in total. The topological polar surface area (TPSA) is 106 Å². The quantitative estimate of drug-likeness (QED) is 0.405. The standard InChI is InChI=1S/C25H21N5O3S/c31-22(16-5-3-12-26-15-16)30-24-21(19-6-1-2-7-20(19)34-24)23(32)29-17-8-10-18(11-9-17)33-25-27-13-4-14-28-25/h3-5,8-15H,1-2,6-7H2,(H,29,32)(H,30,31). The Morgan fingerprint density at radius 2 is 1.68 bits per heavy atom. The van der Waals surface area contributed by atoms with Gasteiger partial charge in [-0.2, -0.15) is 0 Å². The maximum atomic E-state index is 13.3. The van der Waals surface area contributed by atoms with Crippen LogP contribution < -0.4 is 15.4 Å². The second-order valence-corrected chi connectivity index (χ2v) is 8.83. The van der Waals surface area contributed by atoms with Gasteiger partial charge in [0.1, 0.15) is 10.8 Å². The summed E-state index contributed by atoms with van der Waals surface area (Å²) in [4.78, 5) is 39.3. The number of carbonyl (C=O) groups is 2. The van der Waals surface area contributed by atoms with Crippen molar-refractivity contribution in [3.63, 3.8) is 0 Å². The van der Waals surface area contributed by atoms with Crippen LogP contribution in [-0.4, -0.2) is 26.8 Å². The highest BCUT2D eigenvalue weighted by Gasteiger charge is 2.26. The van der Waals surface area contributed by atoms with Gasteiger partial charge in [-0.3, -0.25) is 14.6 Å². The number of aromatic nitrogens is 3. The lowest BCUT2D eigenvalue weighted by Crippen LogP contribution is -2.18. The molecule has 34 heavy (non-hydrogen) atoms. The van der Waals surface area contributed by atoms with Crippen molar-refractivity contribution in [2.75, 3.05) is 10.6 Å². The largest absolute Gasteiger partial charge is 0.424 e. The third-order valence-corrected chi connectivity index (χ3v) is 6.62. The number of anilines is 2. The first-order valence-electron chi connectivity index (χ1n) is 10.9. The third-order valence-electron chi connectivity index (χ3n) is 5.41. The highest BCUT2D eigenvalue weighted by atomic mass is 32.1. The molecule has 0 unspecified atom stereocenters. The molecule has 4 aromatic rings. The van der Waals surface area contributed by atoms with Gasteiger partial charge in [0.25, 0.3) is 11.8 Å². The molecule has 8 nitrogen and oxygen atoms in total. The van der Waals surface area contributed by atoms with Crippen LogP contribution in [0.15, 0.2) is 67.3 Å². The fourth-order valence-electron chi connectivity index (χ4n) is 3.81. The van der Waals surface area contributed by atoms with Crippen molar-refractivity contribution in [1.29, 1.82) is 0 Å². The number of nitrogens with zero attached hydrogens (tertiary/aromatic N) is 3. The highest BCUT2D eigenvalue weighted by molar-refractivity contribution is 7.17. The van der Waals surface area contributed by atoms with E-state index in [1.165, 1.54) is 17.5 Å². The first-order chi connectivity index (χ1) is 16.7. The molecule has 3 heterocycles. The zero-order chi connectivity index (χ0) is 23.3. The molecule has 1 aliphatic rings. The first kappa shape index (κ1) is 21.7. The highest BCUT2D eigenvalue weighted by Crippen LogP contribution is 2.39. The van der Waals surface area contributed by atoms with E-state index in [2.05, 4.69) is 25.6 Å². The smallest absolute Gasteiger partial charge is 0.321 e. The SMILES string of the molecule is O=C(Nc1sc2c(c1C(=O)Nc1ccc(Oc3ncccn3)cc1)CCCC2)c1cccnc1. The molecular formula is C25H21N5O3S. The molecule has 0 saturated heterocycles. The Bertz CT molecular complexity index is 1310. The van der Waals surface area contributed by atoms with Crippen molar-refractivity contribution in [3.05, 3.63) is 88.8 Å².